The van der Waals surface area contributed by atoms with Crippen LogP contribution in [0, 0.1) is 0 Å². The highest BCUT2D eigenvalue weighted by Gasteiger charge is 2.13. The van der Waals surface area contributed by atoms with Crippen LogP contribution in [0.3, 0.4) is 0 Å². The Hall–Kier alpha value is -1.91. The minimum Gasteiger partial charge on any atom is -0.177 e. The predicted octanol–water partition coefficient (Wildman–Crippen LogP) is 3.88. The molecule has 0 radical (unpaired) electrons. The van der Waals surface area contributed by atoms with E-state index in [1.54, 1.807) is 0 Å². The molecule has 1 heterocycles. The molecular formula is C15H12Cl2N4. The third-order valence-electron chi connectivity index (χ3n) is 3.15. The van der Waals surface area contributed by atoms with Crippen LogP contribution in [0.2, 0.25) is 0 Å². The number of hydrogen-bond acceptors (Lipinski definition) is 3. The number of nitrogens with zero attached hydrogens (tertiary/aromatic N) is 3. The first-order chi connectivity index (χ1) is 10.2. The number of rotatable bonds is 4. The first-order valence-electron chi connectivity index (χ1n) is 6.44. The van der Waals surface area contributed by atoms with E-state index >= 15 is 0 Å². The smallest absolute Gasteiger partial charge is 0.177 e. The number of H-pyrrole nitrogens is 1. The van der Waals surface area contributed by atoms with E-state index in [1.807, 2.05) is 48.5 Å². The Morgan fingerprint density at radius 3 is 2.48 bits per heavy atom. The maximum absolute atomic E-state index is 5.86. The number of halogens is 2. The monoisotopic (exact) mass is 318 g/mol. The Kier molecular flexibility index (Phi) is 4.18. The van der Waals surface area contributed by atoms with Gasteiger partial charge in [-0.1, -0.05) is 42.5 Å². The van der Waals surface area contributed by atoms with Gasteiger partial charge in [-0.2, -0.15) is 5.21 Å². The molecule has 21 heavy (non-hydrogen) atoms. The number of tetrazole rings is 1. The topological polar surface area (TPSA) is 54.5 Å². The zero-order valence-corrected chi connectivity index (χ0v) is 12.5. The molecule has 1 N–H and O–H groups in total. The van der Waals surface area contributed by atoms with Crippen molar-refractivity contribution in [3.63, 3.8) is 0 Å². The van der Waals surface area contributed by atoms with Crippen molar-refractivity contribution >= 4 is 23.2 Å². The molecule has 0 saturated heterocycles. The standard InChI is InChI=1S/C15H12Cl2N4/c16-14(17)9-10-6-7-12(11-4-2-1-3-5-11)13(8-10)15-18-20-21-19-15/h1-8,14H,9H2,(H,18,19,20,21). The van der Waals surface area contributed by atoms with Crippen molar-refractivity contribution in [3.8, 4) is 22.5 Å². The molecule has 3 aromatic rings. The van der Waals surface area contributed by atoms with E-state index in [4.69, 9.17) is 23.2 Å². The Morgan fingerprint density at radius 1 is 1.00 bits per heavy atom. The first-order valence-corrected chi connectivity index (χ1v) is 7.31. The van der Waals surface area contributed by atoms with Crippen LogP contribution in [-0.2, 0) is 6.42 Å². The third kappa shape index (κ3) is 3.23. The Labute approximate surface area is 132 Å². The van der Waals surface area contributed by atoms with Crippen LogP contribution in [0.15, 0.2) is 48.5 Å². The van der Waals surface area contributed by atoms with Gasteiger partial charge in [0.1, 0.15) is 4.84 Å². The fourth-order valence-corrected chi connectivity index (χ4v) is 2.58. The molecule has 6 heteroatoms. The highest BCUT2D eigenvalue weighted by molar-refractivity contribution is 6.44. The number of aromatic amines is 1. The number of aromatic nitrogens is 4. The van der Waals surface area contributed by atoms with Crippen LogP contribution in [0.1, 0.15) is 5.56 Å². The summed E-state index contributed by atoms with van der Waals surface area (Å²) in [6.45, 7) is 0. The van der Waals surface area contributed by atoms with Crippen LogP contribution in [0.25, 0.3) is 22.5 Å². The van der Waals surface area contributed by atoms with E-state index in [2.05, 4.69) is 20.6 Å². The molecule has 4 nitrogen and oxygen atoms in total. The van der Waals surface area contributed by atoms with Crippen molar-refractivity contribution in [2.45, 2.75) is 11.3 Å². The molecule has 0 aliphatic rings. The summed E-state index contributed by atoms with van der Waals surface area (Å²) < 4.78 is 0. The lowest BCUT2D eigenvalue weighted by Crippen LogP contribution is -1.96. The average molecular weight is 319 g/mol. The molecule has 0 fully saturated rings. The molecular weight excluding hydrogens is 307 g/mol. The lowest BCUT2D eigenvalue weighted by Gasteiger charge is -2.10. The Balaban J connectivity index is 2.11. The van der Waals surface area contributed by atoms with Crippen molar-refractivity contribution in [2.24, 2.45) is 0 Å². The second-order valence-electron chi connectivity index (χ2n) is 4.58. The zero-order valence-electron chi connectivity index (χ0n) is 11.0. The highest BCUT2D eigenvalue weighted by atomic mass is 35.5. The number of nitrogens with one attached hydrogen (secondary N) is 1. The van der Waals surface area contributed by atoms with E-state index < -0.39 is 4.84 Å². The van der Waals surface area contributed by atoms with Gasteiger partial charge >= 0.3 is 0 Å². The van der Waals surface area contributed by atoms with Crippen LogP contribution < -0.4 is 0 Å². The Morgan fingerprint density at radius 2 is 1.81 bits per heavy atom. The summed E-state index contributed by atoms with van der Waals surface area (Å²) in [6.07, 6.45) is 0.572. The lowest BCUT2D eigenvalue weighted by atomic mass is 9.96. The summed E-state index contributed by atoms with van der Waals surface area (Å²) in [5, 5.41) is 14.3. The molecule has 1 aromatic heterocycles. The SMILES string of the molecule is ClC(Cl)Cc1ccc(-c2ccccc2)c(-c2nn[nH]n2)c1. The predicted molar refractivity (Wildman–Crippen MR) is 84.2 cm³/mol. The molecule has 0 aliphatic carbocycles. The molecule has 0 saturated carbocycles. The van der Waals surface area contributed by atoms with Gasteiger partial charge in [-0.15, -0.1) is 33.4 Å². The average Bonchev–Trinajstić information content (AvgIpc) is 3.01. The Bertz CT molecular complexity index is 712. The van der Waals surface area contributed by atoms with E-state index in [9.17, 15) is 0 Å². The second-order valence-corrected chi connectivity index (χ2v) is 5.85. The van der Waals surface area contributed by atoms with Gasteiger partial charge in [0, 0.05) is 12.0 Å². The molecule has 106 valence electrons. The van der Waals surface area contributed by atoms with E-state index in [0.29, 0.717) is 12.2 Å². The summed E-state index contributed by atoms with van der Waals surface area (Å²) in [5.74, 6) is 0.552. The second kappa shape index (κ2) is 6.24. The highest BCUT2D eigenvalue weighted by Crippen LogP contribution is 2.31. The zero-order chi connectivity index (χ0) is 14.7. The van der Waals surface area contributed by atoms with Gasteiger partial charge in [-0.05, 0) is 28.0 Å². The number of benzene rings is 2. The maximum Gasteiger partial charge on any atom is 0.205 e. The van der Waals surface area contributed by atoms with Crippen molar-refractivity contribution in [1.29, 1.82) is 0 Å². The maximum atomic E-state index is 5.86. The summed E-state index contributed by atoms with van der Waals surface area (Å²) in [7, 11) is 0. The van der Waals surface area contributed by atoms with Crippen molar-refractivity contribution < 1.29 is 0 Å². The van der Waals surface area contributed by atoms with Gasteiger partial charge in [-0.3, -0.25) is 0 Å². The molecule has 3 rings (SSSR count). The van der Waals surface area contributed by atoms with Gasteiger partial charge in [0.2, 0.25) is 5.82 Å². The summed E-state index contributed by atoms with van der Waals surface area (Å²) in [5.41, 5.74) is 4.07. The van der Waals surface area contributed by atoms with Crippen LogP contribution >= 0.6 is 23.2 Å². The largest absolute Gasteiger partial charge is 0.205 e. The van der Waals surface area contributed by atoms with Crippen LogP contribution in [0.5, 0.6) is 0 Å². The van der Waals surface area contributed by atoms with E-state index in [0.717, 1.165) is 22.3 Å². The van der Waals surface area contributed by atoms with E-state index in [1.165, 1.54) is 0 Å². The number of alkyl halides is 2. The van der Waals surface area contributed by atoms with Gasteiger partial charge in [0.05, 0.1) is 0 Å². The molecule has 0 unspecified atom stereocenters. The fourth-order valence-electron chi connectivity index (χ4n) is 2.23. The lowest BCUT2D eigenvalue weighted by molar-refractivity contribution is 0.881. The molecule has 0 atom stereocenters. The summed E-state index contributed by atoms with van der Waals surface area (Å²) >= 11 is 11.7. The van der Waals surface area contributed by atoms with Gasteiger partial charge in [0.15, 0.2) is 0 Å². The molecule has 0 aliphatic heterocycles. The van der Waals surface area contributed by atoms with Gasteiger partial charge < -0.3 is 0 Å². The normalized spacial score (nSPS) is 11.0. The fraction of sp³-hybridized carbons (Fsp3) is 0.133. The van der Waals surface area contributed by atoms with Crippen LogP contribution in [-0.4, -0.2) is 25.5 Å². The molecule has 0 amide bonds. The molecule has 2 aromatic carbocycles. The minimum atomic E-state index is -0.439. The van der Waals surface area contributed by atoms with Crippen molar-refractivity contribution in [1.82, 2.24) is 20.6 Å². The first kappa shape index (κ1) is 14.0. The van der Waals surface area contributed by atoms with Crippen molar-refractivity contribution in [3.05, 3.63) is 54.1 Å². The van der Waals surface area contributed by atoms with Crippen molar-refractivity contribution in [2.75, 3.05) is 0 Å². The quantitative estimate of drug-likeness (QED) is 0.743. The minimum absolute atomic E-state index is 0.439. The summed E-state index contributed by atoms with van der Waals surface area (Å²) in [6, 6.07) is 16.1. The van der Waals surface area contributed by atoms with Crippen LogP contribution in [0.4, 0.5) is 0 Å². The molecule has 0 spiro atoms. The van der Waals surface area contributed by atoms with Gasteiger partial charge in [0.25, 0.3) is 0 Å². The third-order valence-corrected chi connectivity index (χ3v) is 3.45. The number of hydrogen-bond donors (Lipinski definition) is 1. The summed E-state index contributed by atoms with van der Waals surface area (Å²) in [4.78, 5) is -0.439. The van der Waals surface area contributed by atoms with Gasteiger partial charge in [-0.25, -0.2) is 0 Å². The molecule has 0 bridgehead atoms. The van der Waals surface area contributed by atoms with E-state index in [-0.39, 0.29) is 0 Å².